The Hall–Kier alpha value is -3.19. The van der Waals surface area contributed by atoms with E-state index in [1.807, 2.05) is 58.0 Å². The van der Waals surface area contributed by atoms with Crippen molar-refractivity contribution < 1.29 is 32.6 Å². The van der Waals surface area contributed by atoms with Gasteiger partial charge >= 0.3 is 0 Å². The summed E-state index contributed by atoms with van der Waals surface area (Å²) in [6.07, 6.45) is -1.03. The van der Waals surface area contributed by atoms with E-state index in [0.29, 0.717) is 11.5 Å². The molecule has 1 aliphatic heterocycles. The number of carbonyl (C=O) groups is 2. The number of likely N-dealkylation sites (N-methyl/N-ethyl adjacent to an activating group) is 1. The van der Waals surface area contributed by atoms with Crippen LogP contribution >= 0.6 is 0 Å². The monoisotopic (exact) mass is 604 g/mol. The lowest BCUT2D eigenvalue weighted by atomic mass is 9.99. The van der Waals surface area contributed by atoms with Gasteiger partial charge in [0.25, 0.3) is 5.91 Å². The molecule has 0 saturated carbocycles. The Morgan fingerprint density at radius 1 is 0.952 bits per heavy atom. The summed E-state index contributed by atoms with van der Waals surface area (Å²) in [5.74, 6) is -0.0751. The number of hydrazine groups is 1. The van der Waals surface area contributed by atoms with Crippen molar-refractivity contribution in [1.82, 2.24) is 19.6 Å². The molecule has 2 aromatic carbocycles. The molecule has 0 radical (unpaired) electrons. The number of rotatable bonds is 14. The molecule has 232 valence electrons. The van der Waals surface area contributed by atoms with Crippen molar-refractivity contribution in [3.8, 4) is 11.5 Å². The van der Waals surface area contributed by atoms with Crippen molar-refractivity contribution in [2.45, 2.75) is 57.6 Å². The Morgan fingerprint density at radius 3 is 2.24 bits per heavy atom. The van der Waals surface area contributed by atoms with E-state index in [2.05, 4.69) is 5.43 Å². The summed E-state index contributed by atoms with van der Waals surface area (Å²) in [6, 6.07) is 12.7. The molecule has 1 heterocycles. The van der Waals surface area contributed by atoms with E-state index < -0.39 is 28.1 Å². The fraction of sp³-hybridized carbons (Fsp3) is 0.533. The molecular weight excluding hydrogens is 560 g/mol. The number of sulfonamides is 1. The topological polar surface area (TPSA) is 129 Å². The van der Waals surface area contributed by atoms with E-state index in [9.17, 15) is 23.1 Å². The molecule has 1 unspecified atom stereocenters. The number of aliphatic hydroxyl groups excluding tert-OH is 1. The first-order chi connectivity index (χ1) is 19.8. The van der Waals surface area contributed by atoms with Crippen molar-refractivity contribution in [2.75, 3.05) is 40.5 Å². The van der Waals surface area contributed by atoms with Crippen LogP contribution in [0.4, 0.5) is 0 Å². The first-order valence-corrected chi connectivity index (χ1v) is 15.6. The minimum atomic E-state index is -4.08. The Kier molecular flexibility index (Phi) is 11.7. The fourth-order valence-electron chi connectivity index (χ4n) is 4.68. The van der Waals surface area contributed by atoms with Gasteiger partial charge in [0.2, 0.25) is 22.7 Å². The van der Waals surface area contributed by atoms with Gasteiger partial charge in [0.15, 0.2) is 11.5 Å². The number of nitrogens with zero attached hydrogens (tertiary/aromatic N) is 3. The molecule has 0 aromatic heterocycles. The van der Waals surface area contributed by atoms with Crippen LogP contribution in [0.5, 0.6) is 11.5 Å². The molecule has 2 amide bonds. The van der Waals surface area contributed by atoms with Gasteiger partial charge in [-0.25, -0.2) is 13.4 Å². The number of aliphatic hydroxyl groups is 1. The van der Waals surface area contributed by atoms with Gasteiger partial charge in [0.1, 0.15) is 0 Å². The summed E-state index contributed by atoms with van der Waals surface area (Å²) in [4.78, 5) is 28.1. The first kappa shape index (κ1) is 33.3. The van der Waals surface area contributed by atoms with Crippen LogP contribution in [0.2, 0.25) is 0 Å². The maximum Gasteiger partial charge on any atom is 0.252 e. The third-order valence-electron chi connectivity index (χ3n) is 6.56. The molecule has 3 rings (SSSR count). The molecule has 42 heavy (non-hydrogen) atoms. The second kappa shape index (κ2) is 14.8. The van der Waals surface area contributed by atoms with Gasteiger partial charge in [0.05, 0.1) is 23.6 Å². The van der Waals surface area contributed by atoms with Gasteiger partial charge in [-0.2, -0.15) is 4.31 Å². The Labute approximate surface area is 249 Å². The number of nitrogens with one attached hydrogen (secondary N) is 1. The molecule has 0 saturated heterocycles. The highest BCUT2D eigenvalue weighted by molar-refractivity contribution is 7.89. The van der Waals surface area contributed by atoms with E-state index >= 15 is 0 Å². The number of amides is 2. The summed E-state index contributed by atoms with van der Waals surface area (Å²) < 4.78 is 39.7. The smallest absolute Gasteiger partial charge is 0.252 e. The summed E-state index contributed by atoms with van der Waals surface area (Å²) in [5.41, 5.74) is 3.53. The quantitative estimate of drug-likeness (QED) is 0.315. The number of hydrogen-bond acceptors (Lipinski definition) is 8. The van der Waals surface area contributed by atoms with E-state index in [1.165, 1.54) is 21.4 Å². The van der Waals surface area contributed by atoms with E-state index in [-0.39, 0.29) is 61.9 Å². The minimum Gasteiger partial charge on any atom is -0.454 e. The molecule has 0 bridgehead atoms. The number of fused-ring (bicyclic) bond motifs is 1. The molecule has 2 atom stereocenters. The Bertz CT molecular complexity index is 1300. The van der Waals surface area contributed by atoms with E-state index in [0.717, 1.165) is 5.56 Å². The molecule has 11 nitrogen and oxygen atoms in total. The number of hydrogen-bond donors (Lipinski definition) is 2. The number of carbonyl (C=O) groups excluding carboxylic acids is 2. The molecule has 1 aliphatic rings. The molecule has 0 aliphatic carbocycles. The summed E-state index contributed by atoms with van der Waals surface area (Å²) >= 11 is 0. The van der Waals surface area contributed by atoms with Crippen LogP contribution in [0.3, 0.4) is 0 Å². The average Bonchev–Trinajstić information content (AvgIpc) is 3.38. The molecule has 0 spiro atoms. The van der Waals surface area contributed by atoms with Gasteiger partial charge in [-0.1, -0.05) is 58.0 Å². The maximum atomic E-state index is 13.9. The zero-order chi connectivity index (χ0) is 31.0. The van der Waals surface area contributed by atoms with Crippen LogP contribution < -0.4 is 14.9 Å². The van der Waals surface area contributed by atoms with Crippen LogP contribution in [0.1, 0.15) is 39.7 Å². The molecule has 2 N–H and O–H groups in total. The van der Waals surface area contributed by atoms with Gasteiger partial charge in [-0.15, -0.1) is 0 Å². The number of ether oxygens (including phenoxy) is 2. The standard InChI is InChI=1S/C30H44N4O7S/c1-21(2)14-30(37)34(31-29(36)19-32(5)6)25(15-23-10-8-7-9-11-23)26(35)18-33(17-22(3)4)42(38,39)24-12-13-27-28(16-24)41-20-40-27/h7-13,16,21-22,25-26,35H,14-15,17-20H2,1-6H3,(H,31,36)/t25?,26-/m1/s1. The van der Waals surface area contributed by atoms with E-state index in [4.69, 9.17) is 9.47 Å². The Morgan fingerprint density at radius 2 is 1.62 bits per heavy atom. The van der Waals surface area contributed by atoms with Crippen molar-refractivity contribution in [3.05, 3.63) is 54.1 Å². The van der Waals surface area contributed by atoms with Crippen molar-refractivity contribution in [3.63, 3.8) is 0 Å². The average molecular weight is 605 g/mol. The predicted octanol–water partition coefficient (Wildman–Crippen LogP) is 2.50. The first-order valence-electron chi connectivity index (χ1n) is 14.2. The van der Waals surface area contributed by atoms with Gasteiger partial charge in [-0.3, -0.25) is 15.0 Å². The van der Waals surface area contributed by atoms with Crippen LogP contribution in [-0.2, 0) is 26.0 Å². The van der Waals surface area contributed by atoms with E-state index in [1.54, 1.807) is 25.1 Å². The SMILES string of the molecule is CC(C)CC(=O)N(NC(=O)CN(C)C)C(Cc1ccccc1)[C@H](O)CN(CC(C)C)S(=O)(=O)c1ccc2c(c1)OCO2. The summed E-state index contributed by atoms with van der Waals surface area (Å²) in [5, 5.41) is 13.0. The molecule has 2 aromatic rings. The predicted molar refractivity (Wildman–Crippen MR) is 159 cm³/mol. The highest BCUT2D eigenvalue weighted by Gasteiger charge is 2.36. The van der Waals surface area contributed by atoms with Gasteiger partial charge in [-0.05, 0) is 50.0 Å². The molecular formula is C30H44N4O7S. The van der Waals surface area contributed by atoms with Crippen molar-refractivity contribution in [2.24, 2.45) is 11.8 Å². The highest BCUT2D eigenvalue weighted by atomic mass is 32.2. The third-order valence-corrected chi connectivity index (χ3v) is 8.39. The lowest BCUT2D eigenvalue weighted by molar-refractivity contribution is -0.148. The summed E-state index contributed by atoms with van der Waals surface area (Å²) in [6.45, 7) is 7.41. The second-order valence-corrected chi connectivity index (χ2v) is 13.6. The zero-order valence-electron chi connectivity index (χ0n) is 25.3. The lowest BCUT2D eigenvalue weighted by Crippen LogP contribution is -2.60. The molecule has 12 heteroatoms. The highest BCUT2D eigenvalue weighted by Crippen LogP contribution is 2.35. The van der Waals surface area contributed by atoms with Crippen molar-refractivity contribution >= 4 is 21.8 Å². The number of benzene rings is 2. The van der Waals surface area contributed by atoms with Crippen molar-refractivity contribution in [1.29, 1.82) is 0 Å². The fourth-order valence-corrected chi connectivity index (χ4v) is 6.32. The van der Waals surface area contributed by atoms with Crippen LogP contribution in [0, 0.1) is 11.8 Å². The second-order valence-electron chi connectivity index (χ2n) is 11.7. The van der Waals surface area contributed by atoms with Gasteiger partial charge in [0, 0.05) is 25.6 Å². The van der Waals surface area contributed by atoms with Gasteiger partial charge < -0.3 is 19.5 Å². The normalized spacial score (nSPS) is 14.5. The largest absolute Gasteiger partial charge is 0.454 e. The maximum absolute atomic E-state index is 13.9. The van der Waals surface area contributed by atoms with Crippen LogP contribution in [-0.4, -0.2) is 92.2 Å². The summed E-state index contributed by atoms with van der Waals surface area (Å²) in [7, 11) is -0.609. The Balaban J connectivity index is 2.00. The van der Waals surface area contributed by atoms with Crippen LogP contribution in [0.15, 0.2) is 53.4 Å². The van der Waals surface area contributed by atoms with Crippen LogP contribution in [0.25, 0.3) is 0 Å². The lowest BCUT2D eigenvalue weighted by Gasteiger charge is -2.37. The molecule has 0 fully saturated rings. The zero-order valence-corrected chi connectivity index (χ0v) is 26.1. The minimum absolute atomic E-state index is 0.00577. The third kappa shape index (κ3) is 9.15.